The van der Waals surface area contributed by atoms with Crippen LogP contribution in [0.5, 0.6) is 0 Å². The first-order chi connectivity index (χ1) is 9.83. The first-order valence-corrected chi connectivity index (χ1v) is 7.20. The van der Waals surface area contributed by atoms with Crippen LogP contribution in [0.3, 0.4) is 0 Å². The van der Waals surface area contributed by atoms with Crippen molar-refractivity contribution < 1.29 is 10.2 Å². The largest absolute Gasteiger partial charge is 0.395 e. The molecule has 1 saturated carbocycles. The molecule has 4 heteroatoms. The van der Waals surface area contributed by atoms with Gasteiger partial charge in [-0.05, 0) is 31.4 Å². The zero-order valence-electron chi connectivity index (χ0n) is 11.5. The van der Waals surface area contributed by atoms with Crippen molar-refractivity contribution in [1.82, 2.24) is 4.98 Å². The fourth-order valence-electron chi connectivity index (χ4n) is 2.83. The molecule has 0 unspecified atom stereocenters. The predicted octanol–water partition coefficient (Wildman–Crippen LogP) is 2.08. The van der Waals surface area contributed by atoms with Crippen molar-refractivity contribution in [3.8, 4) is 0 Å². The lowest BCUT2D eigenvalue weighted by Crippen LogP contribution is -2.42. The molecule has 1 heterocycles. The van der Waals surface area contributed by atoms with E-state index in [0.29, 0.717) is 18.3 Å². The summed E-state index contributed by atoms with van der Waals surface area (Å²) in [7, 11) is 0. The maximum atomic E-state index is 9.41. The number of hydrogen-bond acceptors (Lipinski definition) is 4. The molecule has 2 aromatic rings. The van der Waals surface area contributed by atoms with Gasteiger partial charge in [0.15, 0.2) is 0 Å². The van der Waals surface area contributed by atoms with Crippen LogP contribution >= 0.6 is 0 Å². The van der Waals surface area contributed by atoms with Crippen molar-refractivity contribution in [3.05, 3.63) is 36.0 Å². The van der Waals surface area contributed by atoms with Crippen molar-refractivity contribution in [2.45, 2.75) is 31.9 Å². The van der Waals surface area contributed by atoms with Gasteiger partial charge in [-0.15, -0.1) is 0 Å². The number of para-hydroxylation sites is 1. The van der Waals surface area contributed by atoms with Gasteiger partial charge in [-0.2, -0.15) is 0 Å². The Hall–Kier alpha value is -1.65. The molecular formula is C16H20N2O2. The lowest BCUT2D eigenvalue weighted by atomic mass is 9.90. The molecule has 1 aromatic carbocycles. The number of anilines is 1. The Morgan fingerprint density at radius 1 is 1.20 bits per heavy atom. The van der Waals surface area contributed by atoms with Gasteiger partial charge in [0.1, 0.15) is 0 Å². The molecule has 1 aromatic heterocycles. The fourth-order valence-corrected chi connectivity index (χ4v) is 2.83. The summed E-state index contributed by atoms with van der Waals surface area (Å²) < 4.78 is 0. The smallest absolute Gasteiger partial charge is 0.0854 e. The van der Waals surface area contributed by atoms with E-state index in [4.69, 9.17) is 0 Å². The van der Waals surface area contributed by atoms with Crippen LogP contribution in [0.15, 0.2) is 30.3 Å². The zero-order valence-corrected chi connectivity index (χ0v) is 11.5. The molecule has 1 fully saturated rings. The predicted molar refractivity (Wildman–Crippen MR) is 79.7 cm³/mol. The van der Waals surface area contributed by atoms with Crippen LogP contribution in [0.2, 0.25) is 0 Å². The lowest BCUT2D eigenvalue weighted by Gasteiger charge is -2.39. The normalized spacial score (nSPS) is 15.3. The number of nitrogens with zero attached hydrogens (tertiary/aromatic N) is 2. The van der Waals surface area contributed by atoms with Crippen molar-refractivity contribution >= 4 is 16.6 Å². The Morgan fingerprint density at radius 2 is 2.00 bits per heavy atom. The number of rotatable bonds is 5. The second-order valence-electron chi connectivity index (χ2n) is 5.31. The van der Waals surface area contributed by atoms with E-state index < -0.39 is 0 Å². The van der Waals surface area contributed by atoms with Crippen LogP contribution in [0, 0.1) is 0 Å². The summed E-state index contributed by atoms with van der Waals surface area (Å²) in [4.78, 5) is 6.73. The Kier molecular flexibility index (Phi) is 3.85. The highest BCUT2D eigenvalue weighted by atomic mass is 16.3. The zero-order chi connectivity index (χ0) is 13.9. The van der Waals surface area contributed by atoms with Gasteiger partial charge in [0.05, 0.1) is 24.4 Å². The third-order valence-corrected chi connectivity index (χ3v) is 4.08. The summed E-state index contributed by atoms with van der Waals surface area (Å²) in [5.74, 6) is 0. The molecule has 1 aliphatic rings. The standard InChI is InChI=1S/C16H20N2O2/c19-9-8-18(13-4-3-5-13)16-10-12(11-20)17-15-7-2-1-6-14(15)16/h1-2,6-7,10,13,19-20H,3-5,8-9,11H2. The van der Waals surface area contributed by atoms with Gasteiger partial charge in [0.25, 0.3) is 0 Å². The summed E-state index contributed by atoms with van der Waals surface area (Å²) >= 11 is 0. The maximum Gasteiger partial charge on any atom is 0.0854 e. The van der Waals surface area contributed by atoms with Crippen LogP contribution in [0.1, 0.15) is 25.0 Å². The van der Waals surface area contributed by atoms with E-state index >= 15 is 0 Å². The van der Waals surface area contributed by atoms with Gasteiger partial charge in [-0.25, -0.2) is 0 Å². The molecule has 1 aliphatic carbocycles. The number of aliphatic hydroxyl groups excluding tert-OH is 2. The average Bonchev–Trinajstić information content (AvgIpc) is 2.43. The Bertz CT molecular complexity index is 596. The first-order valence-electron chi connectivity index (χ1n) is 7.20. The first kappa shape index (κ1) is 13.3. The number of fused-ring (bicyclic) bond motifs is 1. The highest BCUT2D eigenvalue weighted by Crippen LogP contribution is 2.34. The summed E-state index contributed by atoms with van der Waals surface area (Å²) in [5.41, 5.74) is 2.66. The molecule has 3 rings (SSSR count). The molecule has 0 aliphatic heterocycles. The van der Waals surface area contributed by atoms with E-state index in [0.717, 1.165) is 16.6 Å². The second kappa shape index (κ2) is 5.77. The van der Waals surface area contributed by atoms with Gasteiger partial charge >= 0.3 is 0 Å². The molecule has 2 N–H and O–H groups in total. The molecule has 106 valence electrons. The van der Waals surface area contributed by atoms with E-state index in [9.17, 15) is 10.2 Å². The molecule has 0 bridgehead atoms. The summed E-state index contributed by atoms with van der Waals surface area (Å²) in [5, 5.41) is 19.9. The molecule has 0 spiro atoms. The number of pyridine rings is 1. The molecule has 0 atom stereocenters. The molecular weight excluding hydrogens is 252 g/mol. The third kappa shape index (κ3) is 2.37. The topological polar surface area (TPSA) is 56.6 Å². The lowest BCUT2D eigenvalue weighted by molar-refractivity contribution is 0.276. The van der Waals surface area contributed by atoms with E-state index in [-0.39, 0.29) is 13.2 Å². The van der Waals surface area contributed by atoms with Gasteiger partial charge < -0.3 is 15.1 Å². The monoisotopic (exact) mass is 272 g/mol. The quantitative estimate of drug-likeness (QED) is 0.875. The molecule has 4 nitrogen and oxygen atoms in total. The minimum atomic E-state index is -0.0601. The van der Waals surface area contributed by atoms with E-state index in [1.54, 1.807) is 0 Å². The summed E-state index contributed by atoms with van der Waals surface area (Å²) in [6, 6.07) is 10.4. The third-order valence-electron chi connectivity index (χ3n) is 4.08. The van der Waals surface area contributed by atoms with Crippen LogP contribution < -0.4 is 4.90 Å². The van der Waals surface area contributed by atoms with Crippen molar-refractivity contribution in [2.75, 3.05) is 18.1 Å². The minimum absolute atomic E-state index is 0.0601. The Morgan fingerprint density at radius 3 is 2.65 bits per heavy atom. The number of aliphatic hydroxyl groups is 2. The molecule has 0 radical (unpaired) electrons. The van der Waals surface area contributed by atoms with Crippen LogP contribution in [0.25, 0.3) is 10.9 Å². The van der Waals surface area contributed by atoms with Gasteiger partial charge in [0.2, 0.25) is 0 Å². The van der Waals surface area contributed by atoms with Gasteiger partial charge in [-0.1, -0.05) is 18.2 Å². The fraction of sp³-hybridized carbons (Fsp3) is 0.438. The highest BCUT2D eigenvalue weighted by molar-refractivity contribution is 5.92. The highest BCUT2D eigenvalue weighted by Gasteiger charge is 2.26. The van der Waals surface area contributed by atoms with Crippen molar-refractivity contribution in [3.63, 3.8) is 0 Å². The maximum absolute atomic E-state index is 9.41. The summed E-state index contributed by atoms with van der Waals surface area (Å²) in [6.07, 6.45) is 3.60. The van der Waals surface area contributed by atoms with Gasteiger partial charge in [0, 0.05) is 23.7 Å². The molecule has 20 heavy (non-hydrogen) atoms. The molecule has 0 amide bonds. The molecule has 0 saturated heterocycles. The Balaban J connectivity index is 2.11. The number of benzene rings is 1. The van der Waals surface area contributed by atoms with Crippen LogP contribution in [-0.2, 0) is 6.61 Å². The van der Waals surface area contributed by atoms with E-state index in [1.165, 1.54) is 19.3 Å². The van der Waals surface area contributed by atoms with Crippen molar-refractivity contribution in [1.29, 1.82) is 0 Å². The SMILES string of the molecule is OCCN(c1cc(CO)nc2ccccc12)C1CCC1. The van der Waals surface area contributed by atoms with Gasteiger partial charge in [-0.3, -0.25) is 4.98 Å². The number of hydrogen-bond donors (Lipinski definition) is 2. The number of aromatic nitrogens is 1. The van der Waals surface area contributed by atoms with E-state index in [2.05, 4.69) is 16.0 Å². The van der Waals surface area contributed by atoms with Crippen LogP contribution in [-0.4, -0.2) is 34.4 Å². The van der Waals surface area contributed by atoms with E-state index in [1.807, 2.05) is 24.3 Å². The Labute approximate surface area is 118 Å². The van der Waals surface area contributed by atoms with Crippen molar-refractivity contribution in [2.24, 2.45) is 0 Å². The summed E-state index contributed by atoms with van der Waals surface area (Å²) in [6.45, 7) is 0.709. The second-order valence-corrected chi connectivity index (χ2v) is 5.31. The minimum Gasteiger partial charge on any atom is -0.395 e. The average molecular weight is 272 g/mol. The van der Waals surface area contributed by atoms with Crippen LogP contribution in [0.4, 0.5) is 5.69 Å².